The van der Waals surface area contributed by atoms with Crippen LogP contribution >= 0.6 is 0 Å². The first kappa shape index (κ1) is 29.6. The summed E-state index contributed by atoms with van der Waals surface area (Å²) < 4.78 is 10.3. The summed E-state index contributed by atoms with van der Waals surface area (Å²) in [4.78, 5) is 53.5. The maximum atomic E-state index is 14.0. The van der Waals surface area contributed by atoms with Crippen molar-refractivity contribution in [1.82, 2.24) is 4.90 Å². The van der Waals surface area contributed by atoms with E-state index < -0.39 is 82.2 Å². The number of aromatic hydroxyl groups is 1. The molecule has 3 aliphatic carbocycles. The summed E-state index contributed by atoms with van der Waals surface area (Å²) in [7, 11) is 4.60. The lowest BCUT2D eigenvalue weighted by Crippen LogP contribution is -2.61. The largest absolute Gasteiger partial charge is 0.510 e. The minimum absolute atomic E-state index is 0.137. The summed E-state index contributed by atoms with van der Waals surface area (Å²) in [6, 6.07) is 7.99. The van der Waals surface area contributed by atoms with E-state index in [1.807, 2.05) is 0 Å². The van der Waals surface area contributed by atoms with Crippen LogP contribution < -0.4 is 20.5 Å². The highest BCUT2D eigenvalue weighted by atomic mass is 16.6. The maximum Gasteiger partial charge on any atom is 0.417 e. The number of aliphatic hydroxyl groups excluding tert-OH is 3. The Morgan fingerprint density at radius 2 is 1.60 bits per heavy atom. The molecule has 13 heteroatoms. The zero-order valence-electron chi connectivity index (χ0n) is 23.7. The molecule has 3 aliphatic rings. The van der Waals surface area contributed by atoms with Crippen molar-refractivity contribution < 1.29 is 49.1 Å². The molecule has 0 aliphatic heterocycles. The van der Waals surface area contributed by atoms with E-state index in [0.29, 0.717) is 11.3 Å². The number of hydrogen-bond donors (Lipinski definition) is 6. The topological polar surface area (TPSA) is 209 Å². The van der Waals surface area contributed by atoms with Crippen LogP contribution in [-0.2, 0) is 14.4 Å². The van der Waals surface area contributed by atoms with Gasteiger partial charge in [-0.3, -0.25) is 24.6 Å². The van der Waals surface area contributed by atoms with Crippen molar-refractivity contribution in [1.29, 1.82) is 0 Å². The van der Waals surface area contributed by atoms with Crippen molar-refractivity contribution in [3.63, 3.8) is 0 Å². The van der Waals surface area contributed by atoms with Gasteiger partial charge in [-0.15, -0.1) is 0 Å². The van der Waals surface area contributed by atoms with Gasteiger partial charge >= 0.3 is 6.09 Å². The number of likely N-dealkylation sites (N-methyl/N-ethyl adjacent to an activating group) is 1. The van der Waals surface area contributed by atoms with Gasteiger partial charge in [-0.25, -0.2) is 4.79 Å². The van der Waals surface area contributed by atoms with E-state index in [4.69, 9.17) is 15.2 Å². The van der Waals surface area contributed by atoms with Crippen molar-refractivity contribution in [2.75, 3.05) is 26.5 Å². The van der Waals surface area contributed by atoms with Gasteiger partial charge in [0.2, 0.25) is 0 Å². The first-order valence-electron chi connectivity index (χ1n) is 13.4. The zero-order chi connectivity index (χ0) is 31.5. The average Bonchev–Trinajstić information content (AvgIpc) is 2.94. The van der Waals surface area contributed by atoms with Crippen molar-refractivity contribution in [3.05, 3.63) is 64.4 Å². The molecule has 2 aromatic rings. The van der Waals surface area contributed by atoms with Crippen LogP contribution in [0.25, 0.3) is 5.76 Å². The molecule has 13 nitrogen and oxygen atoms in total. The van der Waals surface area contributed by atoms with E-state index in [2.05, 4.69) is 5.32 Å². The maximum absolute atomic E-state index is 14.0. The number of methoxy groups -OCH3 is 1. The Hall–Kier alpha value is -4.88. The van der Waals surface area contributed by atoms with Crippen LogP contribution in [-0.4, -0.2) is 82.2 Å². The Bertz CT molecular complexity index is 1610. The summed E-state index contributed by atoms with van der Waals surface area (Å²) in [5.41, 5.74) is 4.39. The number of ether oxygens (including phenoxy) is 2. The van der Waals surface area contributed by atoms with Gasteiger partial charge in [-0.2, -0.15) is 0 Å². The van der Waals surface area contributed by atoms with E-state index >= 15 is 0 Å². The number of carbonyl (C=O) groups excluding carboxylic acids is 4. The zero-order valence-corrected chi connectivity index (χ0v) is 23.7. The van der Waals surface area contributed by atoms with Gasteiger partial charge in [0.05, 0.1) is 36.4 Å². The van der Waals surface area contributed by atoms with Crippen LogP contribution in [0.1, 0.15) is 24.0 Å². The Labute approximate surface area is 245 Å². The fraction of sp³-hybridized carbons (Fsp3) is 0.333. The Kier molecular flexibility index (Phi) is 7.40. The third-order valence-corrected chi connectivity index (χ3v) is 8.50. The van der Waals surface area contributed by atoms with E-state index in [-0.39, 0.29) is 22.6 Å². The number of benzene rings is 2. The second-order valence-electron chi connectivity index (χ2n) is 11.0. The Morgan fingerprint density at radius 1 is 0.977 bits per heavy atom. The van der Waals surface area contributed by atoms with Gasteiger partial charge in [0.1, 0.15) is 34.3 Å². The molecule has 0 bridgehead atoms. The minimum atomic E-state index is -1.63. The van der Waals surface area contributed by atoms with E-state index in [9.17, 15) is 39.6 Å². The van der Waals surface area contributed by atoms with Crippen LogP contribution in [0.4, 0.5) is 10.5 Å². The average molecular weight is 594 g/mol. The van der Waals surface area contributed by atoms with Crippen LogP contribution in [0.5, 0.6) is 17.2 Å². The van der Waals surface area contributed by atoms with E-state index in [0.717, 1.165) is 0 Å². The molecule has 0 radical (unpaired) electrons. The van der Waals surface area contributed by atoms with Gasteiger partial charge in [-0.1, -0.05) is 13.0 Å². The molecule has 6 atom stereocenters. The van der Waals surface area contributed by atoms with Crippen LogP contribution in [0, 0.1) is 17.8 Å². The lowest BCUT2D eigenvalue weighted by atomic mass is 9.56. The van der Waals surface area contributed by atoms with Crippen molar-refractivity contribution in [2.45, 2.75) is 25.0 Å². The highest BCUT2D eigenvalue weighted by molar-refractivity contribution is 6.28. The van der Waals surface area contributed by atoms with Gasteiger partial charge in [-0.05, 0) is 55.9 Å². The van der Waals surface area contributed by atoms with Gasteiger partial charge in [0, 0.05) is 17.4 Å². The highest BCUT2D eigenvalue weighted by Crippen LogP contribution is 2.55. The molecule has 1 saturated carbocycles. The van der Waals surface area contributed by atoms with Crippen molar-refractivity contribution >= 4 is 35.0 Å². The highest BCUT2D eigenvalue weighted by Gasteiger charge is 2.60. The van der Waals surface area contributed by atoms with Crippen LogP contribution in [0.2, 0.25) is 0 Å². The number of fused-ring (bicyclic) bond motifs is 3. The van der Waals surface area contributed by atoms with Crippen molar-refractivity contribution in [2.24, 2.45) is 23.5 Å². The smallest absolute Gasteiger partial charge is 0.417 e. The molecule has 2 aromatic carbocycles. The fourth-order valence-electron chi connectivity index (χ4n) is 6.60. The molecule has 226 valence electrons. The Balaban J connectivity index is 1.55. The number of hydrogen-bond acceptors (Lipinski definition) is 11. The van der Waals surface area contributed by atoms with Gasteiger partial charge < -0.3 is 35.6 Å². The summed E-state index contributed by atoms with van der Waals surface area (Å²) in [6.45, 7) is 1.68. The molecule has 0 heterocycles. The van der Waals surface area contributed by atoms with E-state index in [1.165, 1.54) is 36.3 Å². The summed E-state index contributed by atoms with van der Waals surface area (Å²) in [6.07, 6.45) is -2.38. The standard InChI is InChI=1S/C30H31N3O10/c1-11-14-9-10-15(32-30(41)43-13-7-5-12(42-4)6-8-13)23(34)17(14)25(36)19-16(11)24(35)18-20(26(19)37)27(38)21(29(31)40)28(39)22(18)33(2)3/h5-11,16,18,20,22,24,34-36,39H,1-4H3,(H2,31,40)(H,32,41). The molecule has 43 heavy (non-hydrogen) atoms. The Morgan fingerprint density at radius 3 is 2.19 bits per heavy atom. The fourth-order valence-corrected chi connectivity index (χ4v) is 6.60. The molecule has 5 rings (SSSR count). The first-order chi connectivity index (χ1) is 20.3. The van der Waals surface area contributed by atoms with Gasteiger partial charge in [0.25, 0.3) is 5.91 Å². The number of rotatable bonds is 5. The predicted octanol–water partition coefficient (Wildman–Crippen LogP) is 2.00. The normalized spacial score (nSPS) is 26.5. The minimum Gasteiger partial charge on any atom is -0.510 e. The number of phenolic OH excluding ortho intramolecular Hbond substituents is 1. The summed E-state index contributed by atoms with van der Waals surface area (Å²) in [5.74, 6) is -8.79. The number of Topliss-reactive ketones (excluding diaryl/α,β-unsaturated/α-hetero) is 2. The first-order valence-corrected chi connectivity index (χ1v) is 13.4. The number of anilines is 1. The third-order valence-electron chi connectivity index (χ3n) is 8.50. The molecule has 0 spiro atoms. The van der Waals surface area contributed by atoms with Crippen molar-refractivity contribution in [3.8, 4) is 17.2 Å². The van der Waals surface area contributed by atoms with Crippen LogP contribution in [0.3, 0.4) is 0 Å². The SMILES string of the molecule is COc1ccc(OC(=O)Nc2ccc3c(c2O)C(O)=C2C(=O)C4C(=O)C(C(N)=O)=C(O)C(N(C)C)C4C(O)C2C3C)cc1. The lowest BCUT2D eigenvalue weighted by Gasteiger charge is -2.50. The number of aliphatic hydroxyl groups is 3. The number of phenols is 1. The molecule has 0 aromatic heterocycles. The van der Waals surface area contributed by atoms with E-state index in [1.54, 1.807) is 33.2 Å². The number of nitrogens with one attached hydrogen (secondary N) is 1. The molecule has 7 N–H and O–H groups in total. The molecular formula is C30H31N3O10. The second-order valence-corrected chi connectivity index (χ2v) is 11.0. The second kappa shape index (κ2) is 10.7. The monoisotopic (exact) mass is 593 g/mol. The number of amides is 2. The lowest BCUT2D eigenvalue weighted by molar-refractivity contribution is -0.143. The van der Waals surface area contributed by atoms with Crippen LogP contribution in [0.15, 0.2) is 53.3 Å². The third kappa shape index (κ3) is 4.57. The number of nitrogens with two attached hydrogens (primary N) is 1. The molecular weight excluding hydrogens is 562 g/mol. The quantitative estimate of drug-likeness (QED) is 0.168. The number of carbonyl (C=O) groups is 4. The summed E-state index contributed by atoms with van der Waals surface area (Å²) >= 11 is 0. The molecule has 6 unspecified atom stereocenters. The van der Waals surface area contributed by atoms with Gasteiger partial charge in [0.15, 0.2) is 11.6 Å². The number of ketones is 2. The molecule has 0 saturated heterocycles. The predicted molar refractivity (Wildman–Crippen MR) is 152 cm³/mol. The summed E-state index contributed by atoms with van der Waals surface area (Å²) in [5, 5.41) is 47.5. The number of nitrogens with zero attached hydrogens (tertiary/aromatic N) is 1. The molecule has 2 amide bonds. The number of primary amides is 1. The molecule has 1 fully saturated rings.